The third-order valence-electron chi connectivity index (χ3n) is 5.49. The quantitative estimate of drug-likeness (QED) is 0.755. The molecule has 0 aromatic heterocycles. The highest BCUT2D eigenvalue weighted by molar-refractivity contribution is 7.92. The van der Waals surface area contributed by atoms with Gasteiger partial charge in [0.1, 0.15) is 0 Å². The van der Waals surface area contributed by atoms with Gasteiger partial charge in [-0.15, -0.1) is 0 Å². The van der Waals surface area contributed by atoms with Crippen LogP contribution >= 0.6 is 0 Å². The summed E-state index contributed by atoms with van der Waals surface area (Å²) in [6.45, 7) is 0.649. The van der Waals surface area contributed by atoms with Crippen molar-refractivity contribution in [1.82, 2.24) is 4.90 Å². The molecular weight excluding hydrogens is 354 g/mol. The van der Waals surface area contributed by atoms with Crippen LogP contribution in [0.25, 0.3) is 0 Å². The summed E-state index contributed by atoms with van der Waals surface area (Å²) in [6.07, 6.45) is 4.91. The molecule has 1 saturated heterocycles. The predicted molar refractivity (Wildman–Crippen MR) is 99.4 cm³/mol. The van der Waals surface area contributed by atoms with Gasteiger partial charge in [-0.1, -0.05) is 25.3 Å². The smallest absolute Gasteiger partial charge is 0.227 e. The summed E-state index contributed by atoms with van der Waals surface area (Å²) >= 11 is 0. The van der Waals surface area contributed by atoms with Crippen LogP contribution in [-0.2, 0) is 21.1 Å². The fraction of sp³-hybridized carbons (Fsp3) is 0.632. The van der Waals surface area contributed by atoms with E-state index in [1.54, 1.807) is 31.3 Å². The Hall–Kier alpha value is -1.76. The molecule has 7 heteroatoms. The van der Waals surface area contributed by atoms with E-state index in [-0.39, 0.29) is 22.8 Å². The summed E-state index contributed by atoms with van der Waals surface area (Å²) in [6, 6.07) is 5.38. The second-order valence-electron chi connectivity index (χ2n) is 7.14. The molecule has 1 aliphatic heterocycles. The zero-order valence-corrected chi connectivity index (χ0v) is 16.3. The number of ether oxygens (including phenoxy) is 2. The van der Waals surface area contributed by atoms with Crippen LogP contribution in [0.15, 0.2) is 18.2 Å². The van der Waals surface area contributed by atoms with Crippen LogP contribution in [0.3, 0.4) is 0 Å². The number of likely N-dealkylation sites (tertiary alicyclic amines) is 1. The van der Waals surface area contributed by atoms with Crippen molar-refractivity contribution in [2.24, 2.45) is 0 Å². The zero-order chi connectivity index (χ0) is 18.7. The summed E-state index contributed by atoms with van der Waals surface area (Å²) in [5.74, 6) is 1.15. The highest BCUT2D eigenvalue weighted by Crippen LogP contribution is 2.31. The van der Waals surface area contributed by atoms with Crippen molar-refractivity contribution in [1.29, 1.82) is 0 Å². The summed E-state index contributed by atoms with van der Waals surface area (Å²) in [7, 11) is 0.00559. The number of sulfone groups is 1. The highest BCUT2D eigenvalue weighted by atomic mass is 32.2. The molecule has 6 nitrogen and oxygen atoms in total. The van der Waals surface area contributed by atoms with Gasteiger partial charge in [-0.3, -0.25) is 4.79 Å². The SMILES string of the molecule is COc1ccc(CC(=O)N2CC(S(=O)(=O)C3CCCCC3)C2)cc1OC. The second-order valence-corrected chi connectivity index (χ2v) is 9.65. The van der Waals surface area contributed by atoms with E-state index in [1.165, 1.54) is 0 Å². The van der Waals surface area contributed by atoms with Crippen molar-refractivity contribution in [2.75, 3.05) is 27.3 Å². The van der Waals surface area contributed by atoms with Crippen molar-refractivity contribution in [3.05, 3.63) is 23.8 Å². The number of hydrogen-bond donors (Lipinski definition) is 0. The van der Waals surface area contributed by atoms with Gasteiger partial charge in [0.2, 0.25) is 5.91 Å². The standard InChI is InChI=1S/C19H27NO5S/c1-24-17-9-8-14(10-18(17)25-2)11-19(21)20-12-16(13-20)26(22,23)15-6-4-3-5-7-15/h8-10,15-16H,3-7,11-13H2,1-2H3. The van der Waals surface area contributed by atoms with E-state index in [4.69, 9.17) is 9.47 Å². The molecule has 3 rings (SSSR count). The first-order valence-corrected chi connectivity index (χ1v) is 10.8. The number of methoxy groups -OCH3 is 2. The minimum Gasteiger partial charge on any atom is -0.493 e. The first-order chi connectivity index (χ1) is 12.5. The largest absolute Gasteiger partial charge is 0.493 e. The first kappa shape index (κ1) is 19.0. The summed E-state index contributed by atoms with van der Waals surface area (Å²) in [4.78, 5) is 14.1. The number of nitrogens with zero attached hydrogens (tertiary/aromatic N) is 1. The normalized spacial score (nSPS) is 19.1. The number of rotatable bonds is 6. The Bertz CT molecular complexity index is 749. The Morgan fingerprint density at radius 1 is 1.04 bits per heavy atom. The molecule has 0 bridgehead atoms. The maximum atomic E-state index is 12.7. The predicted octanol–water partition coefficient (Wildman–Crippen LogP) is 2.20. The van der Waals surface area contributed by atoms with E-state index in [1.807, 2.05) is 6.07 Å². The van der Waals surface area contributed by atoms with Crippen molar-refractivity contribution in [2.45, 2.75) is 49.0 Å². The third kappa shape index (κ3) is 3.82. The first-order valence-electron chi connectivity index (χ1n) is 9.17. The Balaban J connectivity index is 1.56. The minimum absolute atomic E-state index is 0.0488. The van der Waals surface area contributed by atoms with Crippen LogP contribution in [0.2, 0.25) is 0 Å². The van der Waals surface area contributed by atoms with Crippen LogP contribution in [0.4, 0.5) is 0 Å². The van der Waals surface area contributed by atoms with Crippen LogP contribution in [0.1, 0.15) is 37.7 Å². The van der Waals surface area contributed by atoms with Gasteiger partial charge < -0.3 is 14.4 Å². The lowest BCUT2D eigenvalue weighted by Crippen LogP contribution is -2.59. The minimum atomic E-state index is -3.11. The molecule has 0 spiro atoms. The molecule has 2 fully saturated rings. The number of amides is 1. The Morgan fingerprint density at radius 3 is 2.31 bits per heavy atom. The van der Waals surface area contributed by atoms with Crippen LogP contribution in [0.5, 0.6) is 11.5 Å². The molecule has 0 unspecified atom stereocenters. The Morgan fingerprint density at radius 2 is 1.69 bits per heavy atom. The van der Waals surface area contributed by atoms with Gasteiger partial charge in [0.05, 0.1) is 31.1 Å². The van der Waals surface area contributed by atoms with Gasteiger partial charge in [0, 0.05) is 13.1 Å². The summed E-state index contributed by atoms with van der Waals surface area (Å²) in [5, 5.41) is -0.593. The molecule has 0 N–H and O–H groups in total. The summed E-state index contributed by atoms with van der Waals surface area (Å²) < 4.78 is 35.8. The van der Waals surface area contributed by atoms with E-state index in [9.17, 15) is 13.2 Å². The van der Waals surface area contributed by atoms with E-state index in [0.717, 1.165) is 37.7 Å². The molecular formula is C19H27NO5S. The monoisotopic (exact) mass is 381 g/mol. The van der Waals surface area contributed by atoms with Crippen molar-refractivity contribution < 1.29 is 22.7 Å². The Labute approximate surface area is 155 Å². The van der Waals surface area contributed by atoms with Crippen molar-refractivity contribution >= 4 is 15.7 Å². The van der Waals surface area contributed by atoms with Gasteiger partial charge in [-0.05, 0) is 30.5 Å². The molecule has 144 valence electrons. The molecule has 2 aliphatic rings. The van der Waals surface area contributed by atoms with E-state index in [0.29, 0.717) is 24.6 Å². The topological polar surface area (TPSA) is 72.9 Å². The second kappa shape index (κ2) is 7.86. The van der Waals surface area contributed by atoms with E-state index in [2.05, 4.69) is 0 Å². The van der Waals surface area contributed by atoms with Crippen molar-refractivity contribution in [3.63, 3.8) is 0 Å². The highest BCUT2D eigenvalue weighted by Gasteiger charge is 2.43. The van der Waals surface area contributed by atoms with Gasteiger partial charge in [-0.2, -0.15) is 0 Å². The number of carbonyl (C=O) groups excluding carboxylic acids is 1. The molecule has 1 aromatic rings. The van der Waals surface area contributed by atoms with E-state index < -0.39 is 9.84 Å². The maximum Gasteiger partial charge on any atom is 0.227 e. The third-order valence-corrected chi connectivity index (χ3v) is 8.11. The molecule has 1 aromatic carbocycles. The van der Waals surface area contributed by atoms with Crippen LogP contribution < -0.4 is 9.47 Å². The lowest BCUT2D eigenvalue weighted by atomic mass is 10.0. The zero-order valence-electron chi connectivity index (χ0n) is 15.4. The molecule has 1 aliphatic carbocycles. The molecule has 26 heavy (non-hydrogen) atoms. The lowest BCUT2D eigenvalue weighted by Gasteiger charge is -2.41. The average Bonchev–Trinajstić information content (AvgIpc) is 2.60. The number of carbonyl (C=O) groups is 1. The average molecular weight is 381 g/mol. The van der Waals surface area contributed by atoms with Gasteiger partial charge in [-0.25, -0.2) is 8.42 Å². The van der Waals surface area contributed by atoms with Gasteiger partial charge >= 0.3 is 0 Å². The summed E-state index contributed by atoms with van der Waals surface area (Å²) in [5.41, 5.74) is 0.825. The van der Waals surface area contributed by atoms with Crippen molar-refractivity contribution in [3.8, 4) is 11.5 Å². The van der Waals surface area contributed by atoms with Gasteiger partial charge in [0.25, 0.3) is 0 Å². The van der Waals surface area contributed by atoms with Crippen LogP contribution in [0, 0.1) is 0 Å². The maximum absolute atomic E-state index is 12.7. The van der Waals surface area contributed by atoms with E-state index >= 15 is 0 Å². The fourth-order valence-electron chi connectivity index (χ4n) is 3.79. The molecule has 1 heterocycles. The van der Waals surface area contributed by atoms with Gasteiger partial charge in [0.15, 0.2) is 21.3 Å². The van der Waals surface area contributed by atoms with Crippen LogP contribution in [-0.4, -0.2) is 57.0 Å². The molecule has 1 amide bonds. The molecule has 0 radical (unpaired) electrons. The lowest BCUT2D eigenvalue weighted by molar-refractivity contribution is -0.133. The number of benzene rings is 1. The fourth-order valence-corrected chi connectivity index (χ4v) is 6.10. The molecule has 1 saturated carbocycles. The number of hydrogen-bond acceptors (Lipinski definition) is 5. The Kier molecular flexibility index (Phi) is 5.75. The molecule has 0 atom stereocenters.